The molecule has 2 aliphatic carbocycles. The molecular weight excluding hydrogens is 246 g/mol. The molecule has 20 heavy (non-hydrogen) atoms. The third-order valence-corrected chi connectivity index (χ3v) is 3.66. The van der Waals surface area contributed by atoms with Crippen molar-refractivity contribution in [3.05, 3.63) is 59.0 Å². The predicted molar refractivity (Wildman–Crippen MR) is 86.2 cm³/mol. The van der Waals surface area contributed by atoms with E-state index >= 15 is 0 Å². The molecule has 106 valence electrons. The molecule has 2 aliphatic rings. The minimum atomic E-state index is 0.436. The van der Waals surface area contributed by atoms with E-state index in [9.17, 15) is 0 Å². The summed E-state index contributed by atoms with van der Waals surface area (Å²) in [5.41, 5.74) is 16.1. The Balaban J connectivity index is 1.80. The van der Waals surface area contributed by atoms with Crippen LogP contribution in [0.4, 0.5) is 0 Å². The van der Waals surface area contributed by atoms with Gasteiger partial charge < -0.3 is 11.5 Å². The Kier molecular flexibility index (Phi) is 4.99. The van der Waals surface area contributed by atoms with Gasteiger partial charge in [-0.05, 0) is 54.6 Å². The van der Waals surface area contributed by atoms with Crippen LogP contribution in [0.1, 0.15) is 26.2 Å². The summed E-state index contributed by atoms with van der Waals surface area (Å²) in [6, 6.07) is 0. The highest BCUT2D eigenvalue weighted by Crippen LogP contribution is 2.21. The lowest BCUT2D eigenvalue weighted by Crippen LogP contribution is -2.13. The van der Waals surface area contributed by atoms with Gasteiger partial charge in [0.1, 0.15) is 0 Å². The lowest BCUT2D eigenvalue weighted by Gasteiger charge is -2.17. The molecular formula is C17H23N3. The second-order valence-corrected chi connectivity index (χ2v) is 5.43. The highest BCUT2D eigenvalue weighted by atomic mass is 14.7. The van der Waals surface area contributed by atoms with E-state index in [4.69, 9.17) is 11.5 Å². The summed E-state index contributed by atoms with van der Waals surface area (Å²) in [7, 11) is 0. The molecule has 1 unspecified atom stereocenters. The van der Waals surface area contributed by atoms with E-state index in [1.807, 2.05) is 24.4 Å². The van der Waals surface area contributed by atoms with Crippen LogP contribution in [0.2, 0.25) is 0 Å². The zero-order valence-corrected chi connectivity index (χ0v) is 12.0. The van der Waals surface area contributed by atoms with Crippen molar-refractivity contribution in [1.82, 2.24) is 0 Å². The lowest BCUT2D eigenvalue weighted by molar-refractivity contribution is 0.646. The Hall–Kier alpha value is -2.03. The smallest absolute Gasteiger partial charge is 0.0602 e. The molecule has 0 bridgehead atoms. The minimum absolute atomic E-state index is 0.436. The highest BCUT2D eigenvalue weighted by molar-refractivity contribution is 5.72. The SMILES string of the molecule is CC1CC(CN=C/C=C/C2=CC=C(N)CC2)=CC=C1N. The Morgan fingerprint density at radius 2 is 2.05 bits per heavy atom. The van der Waals surface area contributed by atoms with Crippen LogP contribution in [0, 0.1) is 5.92 Å². The molecule has 0 radical (unpaired) electrons. The van der Waals surface area contributed by atoms with E-state index in [0.717, 1.165) is 37.2 Å². The second-order valence-electron chi connectivity index (χ2n) is 5.43. The van der Waals surface area contributed by atoms with E-state index in [0.29, 0.717) is 5.92 Å². The lowest BCUT2D eigenvalue weighted by atomic mass is 9.93. The number of rotatable bonds is 4. The second kappa shape index (κ2) is 6.94. The van der Waals surface area contributed by atoms with E-state index < -0.39 is 0 Å². The zero-order chi connectivity index (χ0) is 14.4. The van der Waals surface area contributed by atoms with Gasteiger partial charge in [0.2, 0.25) is 0 Å². The van der Waals surface area contributed by atoms with Crippen LogP contribution in [-0.4, -0.2) is 12.8 Å². The molecule has 1 atom stereocenters. The molecule has 0 aromatic heterocycles. The van der Waals surface area contributed by atoms with Crippen molar-refractivity contribution in [2.75, 3.05) is 6.54 Å². The molecule has 0 saturated carbocycles. The molecule has 4 N–H and O–H groups in total. The number of aliphatic imine (C=N–C) groups is 1. The number of allylic oxidation sites excluding steroid dienone is 9. The molecule has 0 heterocycles. The summed E-state index contributed by atoms with van der Waals surface area (Å²) < 4.78 is 0. The maximum atomic E-state index is 5.86. The summed E-state index contributed by atoms with van der Waals surface area (Å²) >= 11 is 0. The van der Waals surface area contributed by atoms with Gasteiger partial charge in [-0.3, -0.25) is 4.99 Å². The summed E-state index contributed by atoms with van der Waals surface area (Å²) in [6.07, 6.45) is 17.1. The molecule has 3 heteroatoms. The van der Waals surface area contributed by atoms with Gasteiger partial charge in [0, 0.05) is 17.6 Å². The molecule has 0 saturated heterocycles. The maximum absolute atomic E-state index is 5.86. The third-order valence-electron chi connectivity index (χ3n) is 3.66. The molecule has 0 aromatic rings. The van der Waals surface area contributed by atoms with E-state index in [1.54, 1.807) is 0 Å². The maximum Gasteiger partial charge on any atom is 0.0602 e. The van der Waals surface area contributed by atoms with Gasteiger partial charge >= 0.3 is 0 Å². The van der Waals surface area contributed by atoms with Crippen molar-refractivity contribution in [3.63, 3.8) is 0 Å². The number of hydrogen-bond acceptors (Lipinski definition) is 3. The van der Waals surface area contributed by atoms with Crippen LogP contribution in [-0.2, 0) is 0 Å². The van der Waals surface area contributed by atoms with Gasteiger partial charge in [0.15, 0.2) is 0 Å². The first kappa shape index (κ1) is 14.4. The highest BCUT2D eigenvalue weighted by Gasteiger charge is 2.11. The van der Waals surface area contributed by atoms with Crippen LogP contribution < -0.4 is 11.5 Å². The Labute approximate surface area is 121 Å². The molecule has 0 amide bonds. The van der Waals surface area contributed by atoms with E-state index in [2.05, 4.69) is 30.1 Å². The van der Waals surface area contributed by atoms with Crippen LogP contribution in [0.3, 0.4) is 0 Å². The number of hydrogen-bond donors (Lipinski definition) is 2. The molecule has 0 fully saturated rings. The first-order valence-corrected chi connectivity index (χ1v) is 7.12. The molecule has 0 spiro atoms. The fourth-order valence-electron chi connectivity index (χ4n) is 2.28. The summed E-state index contributed by atoms with van der Waals surface area (Å²) in [6.45, 7) is 2.90. The van der Waals surface area contributed by atoms with Gasteiger partial charge in [0.25, 0.3) is 0 Å². The summed E-state index contributed by atoms with van der Waals surface area (Å²) in [4.78, 5) is 4.44. The topological polar surface area (TPSA) is 64.4 Å². The van der Waals surface area contributed by atoms with Gasteiger partial charge in [0.05, 0.1) is 6.54 Å². The van der Waals surface area contributed by atoms with Crippen molar-refractivity contribution < 1.29 is 0 Å². The van der Waals surface area contributed by atoms with Crippen molar-refractivity contribution in [3.8, 4) is 0 Å². The van der Waals surface area contributed by atoms with Crippen molar-refractivity contribution in [1.29, 1.82) is 0 Å². The molecule has 0 aliphatic heterocycles. The first-order chi connectivity index (χ1) is 9.65. The normalized spacial score (nSPS) is 23.6. The van der Waals surface area contributed by atoms with E-state index in [1.165, 1.54) is 11.1 Å². The average Bonchev–Trinajstić information content (AvgIpc) is 2.44. The largest absolute Gasteiger partial charge is 0.402 e. The van der Waals surface area contributed by atoms with Crippen LogP contribution in [0.15, 0.2) is 64.0 Å². The fourth-order valence-corrected chi connectivity index (χ4v) is 2.28. The Morgan fingerprint density at radius 1 is 1.20 bits per heavy atom. The van der Waals surface area contributed by atoms with E-state index in [-0.39, 0.29) is 0 Å². The monoisotopic (exact) mass is 269 g/mol. The average molecular weight is 269 g/mol. The van der Waals surface area contributed by atoms with Gasteiger partial charge in [-0.15, -0.1) is 0 Å². The predicted octanol–water partition coefficient (Wildman–Crippen LogP) is 2.99. The van der Waals surface area contributed by atoms with Crippen LogP contribution in [0.25, 0.3) is 0 Å². The minimum Gasteiger partial charge on any atom is -0.402 e. The Morgan fingerprint density at radius 3 is 2.75 bits per heavy atom. The van der Waals surface area contributed by atoms with Gasteiger partial charge in [-0.1, -0.05) is 25.2 Å². The summed E-state index contributed by atoms with van der Waals surface area (Å²) in [5, 5.41) is 0. The van der Waals surface area contributed by atoms with Crippen molar-refractivity contribution in [2.24, 2.45) is 22.4 Å². The van der Waals surface area contributed by atoms with Gasteiger partial charge in [-0.25, -0.2) is 0 Å². The quantitative estimate of drug-likeness (QED) is 0.771. The number of nitrogens with two attached hydrogens (primary N) is 2. The Bertz CT molecular complexity index is 530. The van der Waals surface area contributed by atoms with Crippen molar-refractivity contribution in [2.45, 2.75) is 26.2 Å². The first-order valence-electron chi connectivity index (χ1n) is 7.12. The molecule has 3 nitrogen and oxygen atoms in total. The fraction of sp³-hybridized carbons (Fsp3) is 0.353. The molecule has 0 aromatic carbocycles. The third kappa shape index (κ3) is 4.26. The number of nitrogens with zero attached hydrogens (tertiary/aromatic N) is 1. The van der Waals surface area contributed by atoms with Gasteiger partial charge in [-0.2, -0.15) is 0 Å². The standard InChI is InChI=1S/C17H23N3/c1-13-11-15(6-9-17(13)19)12-20-10-2-3-14-4-7-16(18)8-5-14/h2-4,6-7,9-10,13H,5,8,11-12,18-19H2,1H3/b3-2+,20-10?. The zero-order valence-electron chi connectivity index (χ0n) is 12.0. The van der Waals surface area contributed by atoms with Crippen molar-refractivity contribution >= 4 is 6.21 Å². The summed E-state index contributed by atoms with van der Waals surface area (Å²) in [5.74, 6) is 0.436. The molecule has 2 rings (SSSR count). The van der Waals surface area contributed by atoms with Crippen LogP contribution in [0.5, 0.6) is 0 Å². The van der Waals surface area contributed by atoms with Crippen LogP contribution >= 0.6 is 0 Å².